The van der Waals surface area contributed by atoms with Crippen molar-refractivity contribution in [3.05, 3.63) is 12.1 Å². The molecule has 0 spiro atoms. The molecular weight excluding hydrogens is 232 g/mol. The minimum absolute atomic E-state index is 0.175. The molecule has 1 unspecified atom stereocenters. The maximum Gasteiger partial charge on any atom is 0.240 e. The topological polar surface area (TPSA) is 66.6 Å². The molecule has 1 aliphatic rings. The summed E-state index contributed by atoms with van der Waals surface area (Å²) in [4.78, 5) is 4.22. The van der Waals surface area contributed by atoms with Gasteiger partial charge in [0.1, 0.15) is 6.61 Å². The molecule has 18 heavy (non-hydrogen) atoms. The van der Waals surface area contributed by atoms with Gasteiger partial charge in [0, 0.05) is 12.7 Å². The number of rotatable bonds is 5. The van der Waals surface area contributed by atoms with Gasteiger partial charge in [0.25, 0.3) is 0 Å². The van der Waals surface area contributed by atoms with Crippen LogP contribution in [0.2, 0.25) is 0 Å². The van der Waals surface area contributed by atoms with E-state index in [0.29, 0.717) is 30.7 Å². The summed E-state index contributed by atoms with van der Waals surface area (Å²) in [7, 11) is 0. The quantitative estimate of drug-likeness (QED) is 0.868. The SMILES string of the molecule is CCOc1nc(OCC2CCCCO2)ccc1N. The highest BCUT2D eigenvalue weighted by molar-refractivity contribution is 5.49. The molecule has 0 radical (unpaired) electrons. The van der Waals surface area contributed by atoms with Gasteiger partial charge in [0.05, 0.1) is 18.4 Å². The van der Waals surface area contributed by atoms with Crippen molar-refractivity contribution >= 4 is 5.69 Å². The van der Waals surface area contributed by atoms with E-state index in [4.69, 9.17) is 19.9 Å². The number of nitrogen functional groups attached to an aromatic ring is 1. The molecule has 1 aromatic heterocycles. The van der Waals surface area contributed by atoms with Crippen molar-refractivity contribution in [2.45, 2.75) is 32.3 Å². The number of nitrogens with zero attached hydrogens (tertiary/aromatic N) is 1. The van der Waals surface area contributed by atoms with Crippen LogP contribution in [0.15, 0.2) is 12.1 Å². The average Bonchev–Trinajstić information content (AvgIpc) is 2.41. The number of pyridine rings is 1. The molecule has 1 atom stereocenters. The predicted octanol–water partition coefficient (Wildman–Crippen LogP) is 2.01. The summed E-state index contributed by atoms with van der Waals surface area (Å²) in [6, 6.07) is 3.50. The third-order valence-electron chi connectivity index (χ3n) is 2.84. The lowest BCUT2D eigenvalue weighted by atomic mass is 10.1. The molecule has 5 nitrogen and oxygen atoms in total. The lowest BCUT2D eigenvalue weighted by Crippen LogP contribution is -2.26. The fourth-order valence-corrected chi connectivity index (χ4v) is 1.88. The van der Waals surface area contributed by atoms with Gasteiger partial charge in [0.2, 0.25) is 11.8 Å². The molecule has 0 aromatic carbocycles. The Kier molecular flexibility index (Phi) is 4.64. The summed E-state index contributed by atoms with van der Waals surface area (Å²) in [5.74, 6) is 0.960. The molecule has 2 rings (SSSR count). The van der Waals surface area contributed by atoms with Crippen molar-refractivity contribution in [1.29, 1.82) is 0 Å². The molecule has 0 saturated carbocycles. The molecule has 1 aliphatic heterocycles. The summed E-state index contributed by atoms with van der Waals surface area (Å²) >= 11 is 0. The Balaban J connectivity index is 1.90. The van der Waals surface area contributed by atoms with Crippen LogP contribution in [-0.4, -0.2) is 30.9 Å². The Labute approximate surface area is 107 Å². The first kappa shape index (κ1) is 13.0. The molecule has 1 aromatic rings. The highest BCUT2D eigenvalue weighted by atomic mass is 16.5. The van der Waals surface area contributed by atoms with Crippen molar-refractivity contribution in [1.82, 2.24) is 4.98 Å². The second-order valence-electron chi connectivity index (χ2n) is 4.28. The molecule has 0 amide bonds. The third-order valence-corrected chi connectivity index (χ3v) is 2.84. The van der Waals surface area contributed by atoms with Gasteiger partial charge < -0.3 is 19.9 Å². The highest BCUT2D eigenvalue weighted by Crippen LogP contribution is 2.22. The van der Waals surface area contributed by atoms with Crippen molar-refractivity contribution in [2.24, 2.45) is 0 Å². The Morgan fingerprint density at radius 2 is 2.28 bits per heavy atom. The van der Waals surface area contributed by atoms with Gasteiger partial charge in [-0.3, -0.25) is 0 Å². The largest absolute Gasteiger partial charge is 0.476 e. The normalized spacial score (nSPS) is 19.5. The monoisotopic (exact) mass is 252 g/mol. The van der Waals surface area contributed by atoms with Crippen LogP contribution in [-0.2, 0) is 4.74 Å². The van der Waals surface area contributed by atoms with Gasteiger partial charge in [-0.15, -0.1) is 0 Å². The minimum atomic E-state index is 0.175. The van der Waals surface area contributed by atoms with Gasteiger partial charge >= 0.3 is 0 Å². The lowest BCUT2D eigenvalue weighted by molar-refractivity contribution is -0.0120. The number of aromatic nitrogens is 1. The number of anilines is 1. The third kappa shape index (κ3) is 3.50. The molecular formula is C13H20N2O3. The van der Waals surface area contributed by atoms with E-state index in [9.17, 15) is 0 Å². The summed E-state index contributed by atoms with van der Waals surface area (Å²) < 4.78 is 16.5. The maximum atomic E-state index is 5.75. The van der Waals surface area contributed by atoms with Crippen molar-refractivity contribution in [2.75, 3.05) is 25.6 Å². The van der Waals surface area contributed by atoms with Gasteiger partial charge in [0.15, 0.2) is 0 Å². The van der Waals surface area contributed by atoms with Gasteiger partial charge in [-0.05, 0) is 32.3 Å². The summed E-state index contributed by atoms with van der Waals surface area (Å²) in [5.41, 5.74) is 6.27. The summed E-state index contributed by atoms with van der Waals surface area (Å²) in [6.45, 7) is 3.78. The Morgan fingerprint density at radius 1 is 1.39 bits per heavy atom. The number of hydrogen-bond donors (Lipinski definition) is 1. The first-order valence-corrected chi connectivity index (χ1v) is 6.43. The average molecular weight is 252 g/mol. The fourth-order valence-electron chi connectivity index (χ4n) is 1.88. The van der Waals surface area contributed by atoms with E-state index in [1.54, 1.807) is 12.1 Å². The van der Waals surface area contributed by atoms with Crippen LogP contribution in [0.25, 0.3) is 0 Å². The Morgan fingerprint density at radius 3 is 3.00 bits per heavy atom. The molecule has 5 heteroatoms. The van der Waals surface area contributed by atoms with Crippen LogP contribution in [0.1, 0.15) is 26.2 Å². The van der Waals surface area contributed by atoms with Gasteiger partial charge in [-0.2, -0.15) is 4.98 Å². The molecule has 2 N–H and O–H groups in total. The standard InChI is InChI=1S/C13H20N2O3/c1-2-16-13-11(14)6-7-12(15-13)18-9-10-5-3-4-8-17-10/h6-7,10H,2-5,8-9,14H2,1H3. The highest BCUT2D eigenvalue weighted by Gasteiger charge is 2.15. The zero-order valence-corrected chi connectivity index (χ0v) is 10.7. The van der Waals surface area contributed by atoms with Crippen LogP contribution < -0.4 is 15.2 Å². The minimum Gasteiger partial charge on any atom is -0.476 e. The first-order valence-electron chi connectivity index (χ1n) is 6.43. The van der Waals surface area contributed by atoms with Crippen LogP contribution in [0.3, 0.4) is 0 Å². The van der Waals surface area contributed by atoms with E-state index in [0.717, 1.165) is 19.4 Å². The molecule has 0 bridgehead atoms. The number of nitrogens with two attached hydrogens (primary N) is 1. The van der Waals surface area contributed by atoms with Crippen molar-refractivity contribution in [3.63, 3.8) is 0 Å². The van der Waals surface area contributed by atoms with Crippen molar-refractivity contribution in [3.8, 4) is 11.8 Å². The second kappa shape index (κ2) is 6.44. The van der Waals surface area contributed by atoms with E-state index < -0.39 is 0 Å². The van der Waals surface area contributed by atoms with Gasteiger partial charge in [-0.1, -0.05) is 0 Å². The zero-order valence-electron chi connectivity index (χ0n) is 10.7. The Bertz CT molecular complexity index is 378. The number of ether oxygens (including phenoxy) is 3. The molecule has 2 heterocycles. The maximum absolute atomic E-state index is 5.75. The van der Waals surface area contributed by atoms with E-state index in [1.807, 2.05) is 6.92 Å². The fraction of sp³-hybridized carbons (Fsp3) is 0.615. The molecule has 1 fully saturated rings. The van der Waals surface area contributed by atoms with Crippen LogP contribution >= 0.6 is 0 Å². The first-order chi connectivity index (χ1) is 8.79. The van der Waals surface area contributed by atoms with E-state index in [-0.39, 0.29) is 6.10 Å². The van der Waals surface area contributed by atoms with Crippen LogP contribution in [0.5, 0.6) is 11.8 Å². The van der Waals surface area contributed by atoms with E-state index >= 15 is 0 Å². The lowest BCUT2D eigenvalue weighted by Gasteiger charge is -2.22. The molecule has 100 valence electrons. The van der Waals surface area contributed by atoms with E-state index in [2.05, 4.69) is 4.98 Å². The van der Waals surface area contributed by atoms with Crippen LogP contribution in [0.4, 0.5) is 5.69 Å². The summed E-state index contributed by atoms with van der Waals surface area (Å²) in [6.07, 6.45) is 3.57. The summed E-state index contributed by atoms with van der Waals surface area (Å²) in [5, 5.41) is 0. The number of hydrogen-bond acceptors (Lipinski definition) is 5. The zero-order chi connectivity index (χ0) is 12.8. The van der Waals surface area contributed by atoms with Gasteiger partial charge in [-0.25, -0.2) is 0 Å². The Hall–Kier alpha value is -1.49. The van der Waals surface area contributed by atoms with E-state index in [1.165, 1.54) is 6.42 Å². The predicted molar refractivity (Wildman–Crippen MR) is 68.9 cm³/mol. The van der Waals surface area contributed by atoms with Crippen LogP contribution in [0, 0.1) is 0 Å². The smallest absolute Gasteiger partial charge is 0.240 e. The van der Waals surface area contributed by atoms with Crippen molar-refractivity contribution < 1.29 is 14.2 Å². The second-order valence-corrected chi connectivity index (χ2v) is 4.28. The molecule has 1 saturated heterocycles. The molecule has 0 aliphatic carbocycles.